The summed E-state index contributed by atoms with van der Waals surface area (Å²) >= 11 is 0. The van der Waals surface area contributed by atoms with Crippen LogP contribution >= 0.6 is 24.8 Å². The molecular formula is C9H18Cl2N2O. The lowest BCUT2D eigenvalue weighted by Gasteiger charge is -2.31. The van der Waals surface area contributed by atoms with Crippen molar-refractivity contribution >= 4 is 24.8 Å². The zero-order valence-electron chi connectivity index (χ0n) is 8.15. The second-order valence-corrected chi connectivity index (χ2v) is 4.19. The number of ether oxygens (including phenoxy) is 1. The van der Waals surface area contributed by atoms with Crippen molar-refractivity contribution in [3.8, 4) is 0 Å². The Morgan fingerprint density at radius 2 is 2.07 bits per heavy atom. The molecule has 5 heteroatoms. The lowest BCUT2D eigenvalue weighted by atomic mass is 10.2. The highest BCUT2D eigenvalue weighted by molar-refractivity contribution is 5.85. The highest BCUT2D eigenvalue weighted by atomic mass is 35.5. The molecule has 2 bridgehead atoms. The van der Waals surface area contributed by atoms with Crippen LogP contribution in [0.1, 0.15) is 12.8 Å². The van der Waals surface area contributed by atoms with E-state index in [2.05, 4.69) is 10.2 Å². The van der Waals surface area contributed by atoms with Crippen molar-refractivity contribution in [3.05, 3.63) is 0 Å². The number of rotatable bonds is 1. The summed E-state index contributed by atoms with van der Waals surface area (Å²) in [5.74, 6) is 0. The number of fused-ring (bicyclic) bond motifs is 2. The fourth-order valence-corrected chi connectivity index (χ4v) is 2.80. The van der Waals surface area contributed by atoms with Gasteiger partial charge >= 0.3 is 0 Å². The number of hydrogen-bond acceptors (Lipinski definition) is 3. The molecule has 3 nitrogen and oxygen atoms in total. The van der Waals surface area contributed by atoms with E-state index in [0.29, 0.717) is 6.10 Å². The van der Waals surface area contributed by atoms with Crippen LogP contribution in [0.5, 0.6) is 0 Å². The van der Waals surface area contributed by atoms with Gasteiger partial charge in [-0.15, -0.1) is 24.8 Å². The predicted octanol–water partition coefficient (Wildman–Crippen LogP) is 0.665. The van der Waals surface area contributed by atoms with Gasteiger partial charge in [0.2, 0.25) is 0 Å². The van der Waals surface area contributed by atoms with Gasteiger partial charge in [-0.2, -0.15) is 0 Å². The molecule has 0 aromatic heterocycles. The SMILES string of the molecule is C1C[C@@H](N2C[C@H]3C[C@@H]2CO3)CN1.Cl.Cl. The van der Waals surface area contributed by atoms with E-state index in [9.17, 15) is 0 Å². The van der Waals surface area contributed by atoms with Crippen molar-refractivity contribution in [1.82, 2.24) is 10.2 Å². The van der Waals surface area contributed by atoms with Gasteiger partial charge in [-0.05, 0) is 19.4 Å². The molecular weight excluding hydrogens is 223 g/mol. The maximum Gasteiger partial charge on any atom is 0.0718 e. The van der Waals surface area contributed by atoms with Crippen molar-refractivity contribution in [2.75, 3.05) is 26.2 Å². The van der Waals surface area contributed by atoms with Crippen LogP contribution in [-0.4, -0.2) is 49.3 Å². The standard InChI is InChI=1S/C9H16N2O.2ClH/c1-2-10-4-7(1)11-5-9-3-8(11)6-12-9;;/h7-10H,1-6H2;2*1H/t7-,8-,9-;;/m1../s1. The van der Waals surface area contributed by atoms with Crippen LogP contribution in [0.2, 0.25) is 0 Å². The van der Waals surface area contributed by atoms with Crippen LogP contribution in [0.3, 0.4) is 0 Å². The van der Waals surface area contributed by atoms with E-state index >= 15 is 0 Å². The molecule has 0 saturated carbocycles. The third-order valence-electron chi connectivity index (χ3n) is 3.45. The summed E-state index contributed by atoms with van der Waals surface area (Å²) in [5.41, 5.74) is 0. The first-order valence-electron chi connectivity index (χ1n) is 5.01. The van der Waals surface area contributed by atoms with Gasteiger partial charge in [0.1, 0.15) is 0 Å². The number of hydrogen-bond donors (Lipinski definition) is 1. The fraction of sp³-hybridized carbons (Fsp3) is 1.00. The Labute approximate surface area is 97.4 Å². The molecule has 3 aliphatic heterocycles. The van der Waals surface area contributed by atoms with E-state index in [1.165, 1.54) is 32.5 Å². The number of likely N-dealkylation sites (tertiary alicyclic amines) is 1. The average molecular weight is 241 g/mol. The molecule has 0 aromatic rings. The Morgan fingerprint density at radius 1 is 1.21 bits per heavy atom. The zero-order valence-corrected chi connectivity index (χ0v) is 9.78. The van der Waals surface area contributed by atoms with Gasteiger partial charge < -0.3 is 10.1 Å². The Hall–Kier alpha value is 0.460. The van der Waals surface area contributed by atoms with Gasteiger partial charge in [-0.1, -0.05) is 0 Å². The van der Waals surface area contributed by atoms with Crippen LogP contribution in [0, 0.1) is 0 Å². The van der Waals surface area contributed by atoms with Gasteiger partial charge in [0.05, 0.1) is 12.7 Å². The number of nitrogens with zero attached hydrogens (tertiary/aromatic N) is 1. The Bertz CT molecular complexity index is 188. The first-order chi connectivity index (χ1) is 5.93. The minimum atomic E-state index is 0. The molecule has 84 valence electrons. The second kappa shape index (κ2) is 4.99. The quantitative estimate of drug-likeness (QED) is 0.730. The molecule has 0 unspecified atom stereocenters. The Morgan fingerprint density at radius 3 is 2.57 bits per heavy atom. The first-order valence-corrected chi connectivity index (χ1v) is 5.01. The summed E-state index contributed by atoms with van der Waals surface area (Å²) in [4.78, 5) is 2.66. The minimum absolute atomic E-state index is 0. The van der Waals surface area contributed by atoms with Gasteiger partial charge in [-0.3, -0.25) is 4.90 Å². The normalized spacial score (nSPS) is 40.7. The van der Waals surface area contributed by atoms with E-state index in [1.807, 2.05) is 0 Å². The number of morpholine rings is 1. The summed E-state index contributed by atoms with van der Waals surface area (Å²) < 4.78 is 5.58. The average Bonchev–Trinajstić information content (AvgIpc) is 2.81. The lowest BCUT2D eigenvalue weighted by molar-refractivity contribution is 0.0150. The Kier molecular flexibility index (Phi) is 4.47. The van der Waals surface area contributed by atoms with Crippen molar-refractivity contribution < 1.29 is 4.74 Å². The molecule has 3 atom stereocenters. The van der Waals surface area contributed by atoms with Crippen LogP contribution in [0.25, 0.3) is 0 Å². The van der Waals surface area contributed by atoms with Gasteiger partial charge in [0, 0.05) is 25.2 Å². The highest BCUT2D eigenvalue weighted by Gasteiger charge is 2.42. The van der Waals surface area contributed by atoms with Crippen LogP contribution in [0.4, 0.5) is 0 Å². The third-order valence-corrected chi connectivity index (χ3v) is 3.45. The third kappa shape index (κ3) is 2.02. The molecule has 1 N–H and O–H groups in total. The molecule has 3 rings (SSSR count). The van der Waals surface area contributed by atoms with Crippen molar-refractivity contribution in [2.45, 2.75) is 31.0 Å². The molecule has 0 amide bonds. The summed E-state index contributed by atoms with van der Waals surface area (Å²) in [6, 6.07) is 1.56. The van der Waals surface area contributed by atoms with E-state index in [0.717, 1.165) is 18.7 Å². The fourth-order valence-electron chi connectivity index (χ4n) is 2.80. The largest absolute Gasteiger partial charge is 0.375 e. The topological polar surface area (TPSA) is 24.5 Å². The van der Waals surface area contributed by atoms with Crippen LogP contribution < -0.4 is 5.32 Å². The van der Waals surface area contributed by atoms with E-state index in [-0.39, 0.29) is 24.8 Å². The molecule has 0 spiro atoms. The summed E-state index contributed by atoms with van der Waals surface area (Å²) in [6.07, 6.45) is 3.19. The monoisotopic (exact) mass is 240 g/mol. The molecule has 3 fully saturated rings. The van der Waals surface area contributed by atoms with Crippen molar-refractivity contribution in [3.63, 3.8) is 0 Å². The summed E-state index contributed by atoms with van der Waals surface area (Å²) in [5, 5.41) is 3.43. The minimum Gasteiger partial charge on any atom is -0.375 e. The second-order valence-electron chi connectivity index (χ2n) is 4.19. The van der Waals surface area contributed by atoms with Crippen LogP contribution in [-0.2, 0) is 4.74 Å². The molecule has 14 heavy (non-hydrogen) atoms. The molecule has 3 heterocycles. The van der Waals surface area contributed by atoms with Crippen molar-refractivity contribution in [2.24, 2.45) is 0 Å². The molecule has 3 aliphatic rings. The molecule has 0 radical (unpaired) electrons. The highest BCUT2D eigenvalue weighted by Crippen LogP contribution is 2.30. The van der Waals surface area contributed by atoms with Gasteiger partial charge in [0.25, 0.3) is 0 Å². The number of halogens is 2. The summed E-state index contributed by atoms with van der Waals surface area (Å²) in [7, 11) is 0. The van der Waals surface area contributed by atoms with Gasteiger partial charge in [-0.25, -0.2) is 0 Å². The Balaban J connectivity index is 0.000000490. The van der Waals surface area contributed by atoms with E-state index in [1.54, 1.807) is 0 Å². The van der Waals surface area contributed by atoms with Crippen molar-refractivity contribution in [1.29, 1.82) is 0 Å². The van der Waals surface area contributed by atoms with E-state index < -0.39 is 0 Å². The zero-order chi connectivity index (χ0) is 7.97. The molecule has 3 saturated heterocycles. The van der Waals surface area contributed by atoms with Crippen LogP contribution in [0.15, 0.2) is 0 Å². The molecule has 0 aromatic carbocycles. The van der Waals surface area contributed by atoms with Gasteiger partial charge in [0.15, 0.2) is 0 Å². The smallest absolute Gasteiger partial charge is 0.0718 e. The molecule has 0 aliphatic carbocycles. The first kappa shape index (κ1) is 12.5. The maximum absolute atomic E-state index is 5.58. The summed E-state index contributed by atoms with van der Waals surface area (Å²) in [6.45, 7) is 4.58. The number of nitrogens with one attached hydrogen (secondary N) is 1. The maximum atomic E-state index is 5.58. The van der Waals surface area contributed by atoms with E-state index in [4.69, 9.17) is 4.74 Å². The lowest BCUT2D eigenvalue weighted by Crippen LogP contribution is -2.45. The predicted molar refractivity (Wildman–Crippen MR) is 60.6 cm³/mol.